The zero-order valence-corrected chi connectivity index (χ0v) is 14.9. The molecular formula is C17H22N2O3S. The van der Waals surface area contributed by atoms with E-state index in [1.54, 1.807) is 38.3 Å². The van der Waals surface area contributed by atoms with Crippen molar-refractivity contribution >= 4 is 15.8 Å². The monoisotopic (exact) mass is 334 g/mol. The largest absolute Gasteiger partial charge is 0.495 e. The standard InChI is InChI=1S/C17H22N2O3S/c1-12-15(22-5)10-11-16(18-12)19-23(20,21)14-8-6-13(7-9-14)17(2,3)4/h6-11H,1-5H3,(H,18,19). The summed E-state index contributed by atoms with van der Waals surface area (Å²) in [5.41, 5.74) is 1.68. The Bertz CT molecular complexity index is 792. The molecule has 0 atom stereocenters. The molecule has 23 heavy (non-hydrogen) atoms. The Labute approximate surface area is 137 Å². The van der Waals surface area contributed by atoms with Gasteiger partial charge in [-0.05, 0) is 42.2 Å². The molecule has 0 radical (unpaired) electrons. The fourth-order valence-corrected chi connectivity index (χ4v) is 3.15. The number of hydrogen-bond acceptors (Lipinski definition) is 4. The third-order valence-electron chi connectivity index (χ3n) is 3.53. The number of anilines is 1. The number of pyridine rings is 1. The summed E-state index contributed by atoms with van der Waals surface area (Å²) in [7, 11) is -2.12. The molecule has 1 aromatic carbocycles. The van der Waals surface area contributed by atoms with E-state index in [9.17, 15) is 8.42 Å². The van der Waals surface area contributed by atoms with Crippen molar-refractivity contribution in [3.05, 3.63) is 47.7 Å². The van der Waals surface area contributed by atoms with Gasteiger partial charge in [0, 0.05) is 0 Å². The van der Waals surface area contributed by atoms with E-state index < -0.39 is 10.0 Å². The average molecular weight is 334 g/mol. The van der Waals surface area contributed by atoms with Gasteiger partial charge in [0.25, 0.3) is 10.0 Å². The Hall–Kier alpha value is -2.08. The lowest BCUT2D eigenvalue weighted by atomic mass is 9.87. The summed E-state index contributed by atoms with van der Waals surface area (Å²) >= 11 is 0. The molecule has 0 aliphatic carbocycles. The van der Waals surface area contributed by atoms with Crippen LogP contribution in [0.4, 0.5) is 5.82 Å². The van der Waals surface area contributed by atoms with E-state index in [2.05, 4.69) is 30.5 Å². The van der Waals surface area contributed by atoms with Crippen molar-refractivity contribution in [2.24, 2.45) is 0 Å². The van der Waals surface area contributed by atoms with Gasteiger partial charge >= 0.3 is 0 Å². The molecular weight excluding hydrogens is 312 g/mol. The van der Waals surface area contributed by atoms with Crippen LogP contribution >= 0.6 is 0 Å². The van der Waals surface area contributed by atoms with Crippen molar-refractivity contribution in [1.29, 1.82) is 0 Å². The predicted octanol–water partition coefficient (Wildman–Crippen LogP) is 3.50. The van der Waals surface area contributed by atoms with Crippen LogP contribution in [0, 0.1) is 6.92 Å². The highest BCUT2D eigenvalue weighted by molar-refractivity contribution is 7.92. The molecule has 1 heterocycles. The van der Waals surface area contributed by atoms with Gasteiger partial charge in [-0.1, -0.05) is 32.9 Å². The van der Waals surface area contributed by atoms with Gasteiger partial charge in [0.2, 0.25) is 0 Å². The number of rotatable bonds is 4. The first-order valence-corrected chi connectivity index (χ1v) is 8.77. The molecule has 0 fully saturated rings. The van der Waals surface area contributed by atoms with Crippen molar-refractivity contribution in [3.8, 4) is 5.75 Å². The number of methoxy groups -OCH3 is 1. The second-order valence-electron chi connectivity index (χ2n) is 6.36. The zero-order valence-electron chi connectivity index (χ0n) is 14.0. The van der Waals surface area contributed by atoms with E-state index in [4.69, 9.17) is 4.74 Å². The van der Waals surface area contributed by atoms with Gasteiger partial charge in [0.05, 0.1) is 17.7 Å². The minimum atomic E-state index is -3.67. The molecule has 0 saturated heterocycles. The highest BCUT2D eigenvalue weighted by Crippen LogP contribution is 2.24. The third-order valence-corrected chi connectivity index (χ3v) is 4.90. The Morgan fingerprint density at radius 1 is 1.04 bits per heavy atom. The molecule has 0 unspecified atom stereocenters. The van der Waals surface area contributed by atoms with Crippen molar-refractivity contribution in [1.82, 2.24) is 4.98 Å². The minimum Gasteiger partial charge on any atom is -0.495 e. The summed E-state index contributed by atoms with van der Waals surface area (Å²) in [6.07, 6.45) is 0. The normalized spacial score (nSPS) is 12.0. The summed E-state index contributed by atoms with van der Waals surface area (Å²) < 4.78 is 32.5. The summed E-state index contributed by atoms with van der Waals surface area (Å²) in [4.78, 5) is 4.41. The first-order valence-electron chi connectivity index (χ1n) is 7.28. The quantitative estimate of drug-likeness (QED) is 0.929. The van der Waals surface area contributed by atoms with Crippen LogP contribution in [0.15, 0.2) is 41.3 Å². The van der Waals surface area contributed by atoms with Crippen LogP contribution in [-0.4, -0.2) is 20.5 Å². The second-order valence-corrected chi connectivity index (χ2v) is 8.05. The van der Waals surface area contributed by atoms with E-state index in [0.717, 1.165) is 5.56 Å². The van der Waals surface area contributed by atoms with E-state index >= 15 is 0 Å². The third kappa shape index (κ3) is 4.01. The molecule has 2 aromatic rings. The van der Waals surface area contributed by atoms with Crippen LogP contribution in [0.2, 0.25) is 0 Å². The van der Waals surface area contributed by atoms with E-state index in [0.29, 0.717) is 11.4 Å². The van der Waals surface area contributed by atoms with E-state index in [-0.39, 0.29) is 16.1 Å². The Morgan fingerprint density at radius 3 is 2.13 bits per heavy atom. The number of nitrogens with one attached hydrogen (secondary N) is 1. The Balaban J connectivity index is 2.27. The summed E-state index contributed by atoms with van der Waals surface area (Å²) in [6, 6.07) is 10.1. The highest BCUT2D eigenvalue weighted by atomic mass is 32.2. The fraction of sp³-hybridized carbons (Fsp3) is 0.353. The molecule has 0 amide bonds. The summed E-state index contributed by atoms with van der Waals surface area (Å²) in [5, 5.41) is 0. The van der Waals surface area contributed by atoms with Gasteiger partial charge in [-0.25, -0.2) is 13.4 Å². The number of aromatic nitrogens is 1. The lowest BCUT2D eigenvalue weighted by molar-refractivity contribution is 0.409. The number of hydrogen-bond donors (Lipinski definition) is 1. The van der Waals surface area contributed by atoms with Gasteiger partial charge in [-0.2, -0.15) is 0 Å². The highest BCUT2D eigenvalue weighted by Gasteiger charge is 2.18. The van der Waals surface area contributed by atoms with Crippen LogP contribution in [0.5, 0.6) is 5.75 Å². The lowest BCUT2D eigenvalue weighted by Crippen LogP contribution is -2.15. The molecule has 6 heteroatoms. The second kappa shape index (κ2) is 6.20. The number of benzene rings is 1. The molecule has 1 aromatic heterocycles. The molecule has 0 aliphatic heterocycles. The smallest absolute Gasteiger partial charge is 0.263 e. The maximum Gasteiger partial charge on any atom is 0.263 e. The molecule has 0 aliphatic rings. The SMILES string of the molecule is COc1ccc(NS(=O)(=O)c2ccc(C(C)(C)C)cc2)nc1C. The van der Waals surface area contributed by atoms with E-state index in [1.165, 1.54) is 0 Å². The van der Waals surface area contributed by atoms with Crippen LogP contribution in [0.25, 0.3) is 0 Å². The molecule has 124 valence electrons. The molecule has 2 rings (SSSR count). The maximum atomic E-state index is 12.4. The maximum absolute atomic E-state index is 12.4. The van der Waals surface area contributed by atoms with Gasteiger partial charge in [0.15, 0.2) is 0 Å². The summed E-state index contributed by atoms with van der Waals surface area (Å²) in [5.74, 6) is 0.880. The van der Waals surface area contributed by atoms with Gasteiger partial charge in [-0.15, -0.1) is 0 Å². The number of nitrogens with zero attached hydrogens (tertiary/aromatic N) is 1. The van der Waals surface area contributed by atoms with Crippen LogP contribution in [-0.2, 0) is 15.4 Å². The Kier molecular flexibility index (Phi) is 4.66. The molecule has 0 spiro atoms. The van der Waals surface area contributed by atoms with Crippen molar-refractivity contribution in [2.45, 2.75) is 38.0 Å². The fourth-order valence-electron chi connectivity index (χ4n) is 2.15. The van der Waals surface area contributed by atoms with Gasteiger partial charge in [0.1, 0.15) is 11.6 Å². The topological polar surface area (TPSA) is 68.3 Å². The van der Waals surface area contributed by atoms with Crippen molar-refractivity contribution in [3.63, 3.8) is 0 Å². The van der Waals surface area contributed by atoms with Gasteiger partial charge in [-0.3, -0.25) is 4.72 Å². The first kappa shape index (κ1) is 17.3. The first-order chi connectivity index (χ1) is 10.6. The van der Waals surface area contributed by atoms with Crippen LogP contribution in [0.1, 0.15) is 32.0 Å². The van der Waals surface area contributed by atoms with E-state index in [1.807, 2.05) is 12.1 Å². The molecule has 0 bridgehead atoms. The zero-order chi connectivity index (χ0) is 17.3. The van der Waals surface area contributed by atoms with Crippen molar-refractivity contribution in [2.75, 3.05) is 11.8 Å². The van der Waals surface area contributed by atoms with Crippen molar-refractivity contribution < 1.29 is 13.2 Å². The number of aryl methyl sites for hydroxylation is 1. The molecule has 0 saturated carbocycles. The lowest BCUT2D eigenvalue weighted by Gasteiger charge is -2.19. The van der Waals surface area contributed by atoms with Crippen LogP contribution < -0.4 is 9.46 Å². The predicted molar refractivity (Wildman–Crippen MR) is 91.5 cm³/mol. The molecule has 5 nitrogen and oxygen atoms in total. The number of sulfonamides is 1. The average Bonchev–Trinajstić information content (AvgIpc) is 2.46. The Morgan fingerprint density at radius 2 is 1.65 bits per heavy atom. The van der Waals surface area contributed by atoms with Crippen LogP contribution in [0.3, 0.4) is 0 Å². The summed E-state index contributed by atoms with van der Waals surface area (Å²) in [6.45, 7) is 8.01. The van der Waals surface area contributed by atoms with Gasteiger partial charge < -0.3 is 4.74 Å². The number of ether oxygens (including phenoxy) is 1. The minimum absolute atomic E-state index is 0.0234. The molecule has 1 N–H and O–H groups in total.